The second-order valence-electron chi connectivity index (χ2n) is 4.87. The molecule has 2 aromatic rings. The number of nitrogens with zero attached hydrogens (tertiary/aromatic N) is 1. The van der Waals surface area contributed by atoms with Gasteiger partial charge in [0, 0.05) is 19.3 Å². The van der Waals surface area contributed by atoms with Crippen LogP contribution < -0.4 is 15.8 Å². The van der Waals surface area contributed by atoms with Crippen LogP contribution in [0.5, 0.6) is 0 Å². The summed E-state index contributed by atoms with van der Waals surface area (Å²) < 4.78 is 0. The molecule has 1 aromatic carbocycles. The summed E-state index contributed by atoms with van der Waals surface area (Å²) in [7, 11) is 1.95. The number of benzene rings is 1. The molecule has 0 atom stereocenters. The molecule has 0 aliphatic rings. The van der Waals surface area contributed by atoms with Gasteiger partial charge in [0.25, 0.3) is 11.5 Å². The van der Waals surface area contributed by atoms with Crippen LogP contribution in [0.2, 0.25) is 0 Å². The Morgan fingerprint density at radius 3 is 2.62 bits per heavy atom. The molecule has 2 rings (SSSR count). The molecule has 0 spiro atoms. The summed E-state index contributed by atoms with van der Waals surface area (Å²) in [5.41, 5.74) is 2.05. The molecule has 0 bridgehead atoms. The minimum Gasteiger partial charge on any atom is -0.373 e. The molecule has 1 aromatic heterocycles. The van der Waals surface area contributed by atoms with E-state index in [0.29, 0.717) is 5.69 Å². The molecule has 2 N–H and O–H groups in total. The van der Waals surface area contributed by atoms with Crippen molar-refractivity contribution in [1.29, 1.82) is 0 Å². The SMILES string of the molecule is CCN(C)c1ccccc1NC(=O)c1ccc(C)[nH]c1=O. The lowest BCUT2D eigenvalue weighted by atomic mass is 10.2. The first-order valence-corrected chi connectivity index (χ1v) is 6.84. The second-order valence-corrected chi connectivity index (χ2v) is 4.87. The van der Waals surface area contributed by atoms with Crippen molar-refractivity contribution in [3.05, 3.63) is 58.0 Å². The Morgan fingerprint density at radius 2 is 1.95 bits per heavy atom. The first-order chi connectivity index (χ1) is 10.0. The maximum atomic E-state index is 12.3. The Kier molecular flexibility index (Phi) is 4.42. The summed E-state index contributed by atoms with van der Waals surface area (Å²) in [5, 5.41) is 2.80. The molecular weight excluding hydrogens is 266 g/mol. The van der Waals surface area contributed by atoms with Crippen molar-refractivity contribution in [2.24, 2.45) is 0 Å². The summed E-state index contributed by atoms with van der Waals surface area (Å²) in [5.74, 6) is -0.409. The van der Waals surface area contributed by atoms with Crippen molar-refractivity contribution < 1.29 is 4.79 Å². The van der Waals surface area contributed by atoms with E-state index in [-0.39, 0.29) is 11.1 Å². The minimum atomic E-state index is -0.409. The number of hydrogen-bond acceptors (Lipinski definition) is 3. The molecular formula is C16H19N3O2. The van der Waals surface area contributed by atoms with Gasteiger partial charge in [0.05, 0.1) is 11.4 Å². The zero-order valence-electron chi connectivity index (χ0n) is 12.4. The van der Waals surface area contributed by atoms with E-state index >= 15 is 0 Å². The van der Waals surface area contributed by atoms with E-state index in [2.05, 4.69) is 10.3 Å². The van der Waals surface area contributed by atoms with Gasteiger partial charge >= 0.3 is 0 Å². The van der Waals surface area contributed by atoms with Gasteiger partial charge in [0.2, 0.25) is 0 Å². The van der Waals surface area contributed by atoms with Crippen LogP contribution in [0.15, 0.2) is 41.2 Å². The van der Waals surface area contributed by atoms with Gasteiger partial charge in [-0.2, -0.15) is 0 Å². The minimum absolute atomic E-state index is 0.106. The van der Waals surface area contributed by atoms with Gasteiger partial charge in [-0.1, -0.05) is 12.1 Å². The summed E-state index contributed by atoms with van der Waals surface area (Å²) in [6.45, 7) is 4.62. The molecule has 0 radical (unpaired) electrons. The van der Waals surface area contributed by atoms with Crippen LogP contribution in [0.4, 0.5) is 11.4 Å². The van der Waals surface area contributed by atoms with Gasteiger partial charge in [-0.25, -0.2) is 0 Å². The molecule has 0 aliphatic carbocycles. The Labute approximate surface area is 123 Å². The van der Waals surface area contributed by atoms with Crippen molar-refractivity contribution >= 4 is 17.3 Å². The molecule has 0 fully saturated rings. The maximum Gasteiger partial charge on any atom is 0.261 e. The molecule has 1 amide bonds. The van der Waals surface area contributed by atoms with Crippen molar-refractivity contribution in [2.75, 3.05) is 23.8 Å². The van der Waals surface area contributed by atoms with Crippen LogP contribution in [0, 0.1) is 6.92 Å². The zero-order chi connectivity index (χ0) is 15.4. The summed E-state index contributed by atoms with van der Waals surface area (Å²) >= 11 is 0. The predicted octanol–water partition coefficient (Wildman–Crippen LogP) is 2.39. The third kappa shape index (κ3) is 3.31. The highest BCUT2D eigenvalue weighted by molar-refractivity contribution is 6.05. The number of aromatic nitrogens is 1. The molecule has 21 heavy (non-hydrogen) atoms. The van der Waals surface area contributed by atoms with E-state index in [1.165, 1.54) is 6.07 Å². The third-order valence-corrected chi connectivity index (χ3v) is 3.34. The first kappa shape index (κ1) is 14.8. The van der Waals surface area contributed by atoms with E-state index in [0.717, 1.165) is 17.9 Å². The fourth-order valence-corrected chi connectivity index (χ4v) is 2.02. The van der Waals surface area contributed by atoms with Gasteiger partial charge in [0.1, 0.15) is 5.56 Å². The van der Waals surface area contributed by atoms with E-state index in [1.54, 1.807) is 13.0 Å². The van der Waals surface area contributed by atoms with E-state index in [4.69, 9.17) is 0 Å². The quantitative estimate of drug-likeness (QED) is 0.906. The number of anilines is 2. The fraction of sp³-hybridized carbons (Fsp3) is 0.250. The summed E-state index contributed by atoms with van der Waals surface area (Å²) in [4.78, 5) is 28.7. The van der Waals surface area contributed by atoms with E-state index < -0.39 is 5.91 Å². The van der Waals surface area contributed by atoms with Crippen molar-refractivity contribution in [1.82, 2.24) is 4.98 Å². The molecule has 0 unspecified atom stereocenters. The number of pyridine rings is 1. The highest BCUT2D eigenvalue weighted by atomic mass is 16.2. The Hall–Kier alpha value is -2.56. The average Bonchev–Trinajstić information content (AvgIpc) is 2.46. The zero-order valence-corrected chi connectivity index (χ0v) is 12.4. The number of para-hydroxylation sites is 2. The standard InChI is InChI=1S/C16H19N3O2/c1-4-19(3)14-8-6-5-7-13(14)18-16(21)12-10-9-11(2)17-15(12)20/h5-10H,4H2,1-3H3,(H,17,20)(H,18,21). The molecule has 1 heterocycles. The van der Waals surface area contributed by atoms with Crippen LogP contribution in [0.1, 0.15) is 23.0 Å². The van der Waals surface area contributed by atoms with Gasteiger partial charge in [0.15, 0.2) is 0 Å². The number of carbonyl (C=O) groups excluding carboxylic acids is 1. The van der Waals surface area contributed by atoms with Crippen molar-refractivity contribution in [2.45, 2.75) is 13.8 Å². The van der Waals surface area contributed by atoms with Gasteiger partial charge in [-0.05, 0) is 38.1 Å². The smallest absolute Gasteiger partial charge is 0.261 e. The van der Waals surface area contributed by atoms with Gasteiger partial charge in [-0.15, -0.1) is 0 Å². The third-order valence-electron chi connectivity index (χ3n) is 3.34. The lowest BCUT2D eigenvalue weighted by Gasteiger charge is -2.20. The molecule has 0 saturated carbocycles. The second kappa shape index (κ2) is 6.26. The highest BCUT2D eigenvalue weighted by Crippen LogP contribution is 2.24. The number of nitrogens with one attached hydrogen (secondary N) is 2. The number of rotatable bonds is 4. The Balaban J connectivity index is 2.30. The molecule has 5 heteroatoms. The fourth-order valence-electron chi connectivity index (χ4n) is 2.02. The average molecular weight is 285 g/mol. The lowest BCUT2D eigenvalue weighted by molar-refractivity contribution is 0.102. The highest BCUT2D eigenvalue weighted by Gasteiger charge is 2.13. The number of aryl methyl sites for hydroxylation is 1. The maximum absolute atomic E-state index is 12.3. The lowest BCUT2D eigenvalue weighted by Crippen LogP contribution is -2.25. The van der Waals surface area contributed by atoms with E-state index in [1.807, 2.05) is 43.1 Å². The Bertz CT molecular complexity index is 707. The number of amides is 1. The van der Waals surface area contributed by atoms with Crippen molar-refractivity contribution in [3.63, 3.8) is 0 Å². The topological polar surface area (TPSA) is 65.2 Å². The first-order valence-electron chi connectivity index (χ1n) is 6.84. The monoisotopic (exact) mass is 285 g/mol. The van der Waals surface area contributed by atoms with Gasteiger partial charge in [-0.3, -0.25) is 9.59 Å². The number of H-pyrrole nitrogens is 1. The molecule has 5 nitrogen and oxygen atoms in total. The Morgan fingerprint density at radius 1 is 1.24 bits per heavy atom. The number of carbonyl (C=O) groups is 1. The van der Waals surface area contributed by atoms with Crippen LogP contribution in [-0.2, 0) is 0 Å². The summed E-state index contributed by atoms with van der Waals surface area (Å²) in [6, 6.07) is 10.8. The van der Waals surface area contributed by atoms with Gasteiger partial charge < -0.3 is 15.2 Å². The van der Waals surface area contributed by atoms with Crippen LogP contribution in [-0.4, -0.2) is 24.5 Å². The predicted molar refractivity (Wildman–Crippen MR) is 85.1 cm³/mol. The number of aromatic amines is 1. The van der Waals surface area contributed by atoms with Crippen LogP contribution in [0.25, 0.3) is 0 Å². The largest absolute Gasteiger partial charge is 0.373 e. The molecule has 0 saturated heterocycles. The summed E-state index contributed by atoms with van der Waals surface area (Å²) in [6.07, 6.45) is 0. The molecule has 0 aliphatic heterocycles. The van der Waals surface area contributed by atoms with Crippen LogP contribution >= 0.6 is 0 Å². The van der Waals surface area contributed by atoms with E-state index in [9.17, 15) is 9.59 Å². The molecule has 110 valence electrons. The number of hydrogen-bond donors (Lipinski definition) is 2. The van der Waals surface area contributed by atoms with Crippen molar-refractivity contribution in [3.8, 4) is 0 Å². The normalized spacial score (nSPS) is 10.2. The van der Waals surface area contributed by atoms with Crippen LogP contribution in [0.3, 0.4) is 0 Å².